The third-order valence-electron chi connectivity index (χ3n) is 3.94. The van der Waals surface area contributed by atoms with Crippen molar-refractivity contribution in [2.45, 2.75) is 37.0 Å². The van der Waals surface area contributed by atoms with Crippen molar-refractivity contribution in [2.24, 2.45) is 0 Å². The smallest absolute Gasteiger partial charge is 0.321 e. The van der Waals surface area contributed by atoms with Gasteiger partial charge >= 0.3 is 6.03 Å². The molecule has 1 fully saturated rings. The van der Waals surface area contributed by atoms with E-state index in [9.17, 15) is 13.2 Å². The third-order valence-corrected chi connectivity index (χ3v) is 5.41. The molecule has 7 nitrogen and oxygen atoms in total. The number of carbonyl (C=O) groups is 1. The van der Waals surface area contributed by atoms with Gasteiger partial charge in [0.2, 0.25) is 10.0 Å². The Balaban J connectivity index is 1.94. The summed E-state index contributed by atoms with van der Waals surface area (Å²) >= 11 is 0. The van der Waals surface area contributed by atoms with Crippen LogP contribution < -0.4 is 10.0 Å². The van der Waals surface area contributed by atoms with Gasteiger partial charge in [-0.1, -0.05) is 12.8 Å². The summed E-state index contributed by atoms with van der Waals surface area (Å²) in [6.07, 6.45) is 4.71. The molecule has 2 rings (SSSR count). The first kappa shape index (κ1) is 18.7. The minimum atomic E-state index is -3.59. The van der Waals surface area contributed by atoms with Crippen LogP contribution in [-0.4, -0.2) is 50.7 Å². The molecule has 1 saturated heterocycles. The molecule has 1 aliphatic rings. The maximum atomic E-state index is 12.2. The molecular formula is C16H25N3O4S. The molecule has 134 valence electrons. The average molecular weight is 355 g/mol. The number of amides is 2. The number of aliphatic hydroxyl groups excluding tert-OH is 1. The zero-order chi connectivity index (χ0) is 17.4. The SMILES string of the molecule is O=C(Nc1ccc(S(=O)(=O)NCCCO)cc1)N1CCCCCC1. The molecule has 0 unspecified atom stereocenters. The van der Waals surface area contributed by atoms with Crippen LogP contribution in [0.15, 0.2) is 29.2 Å². The average Bonchev–Trinajstić information content (AvgIpc) is 2.85. The number of benzene rings is 1. The Bertz CT molecular complexity index is 623. The number of likely N-dealkylation sites (tertiary alicyclic amines) is 1. The lowest BCUT2D eigenvalue weighted by atomic mass is 10.2. The summed E-state index contributed by atoms with van der Waals surface area (Å²) in [4.78, 5) is 14.2. The van der Waals surface area contributed by atoms with Gasteiger partial charge in [-0.25, -0.2) is 17.9 Å². The van der Waals surface area contributed by atoms with Gasteiger partial charge in [-0.05, 0) is 43.5 Å². The molecule has 1 aromatic carbocycles. The fourth-order valence-electron chi connectivity index (χ4n) is 2.56. The van der Waals surface area contributed by atoms with Gasteiger partial charge in [0.25, 0.3) is 0 Å². The summed E-state index contributed by atoms with van der Waals surface area (Å²) in [5, 5.41) is 11.5. The summed E-state index contributed by atoms with van der Waals surface area (Å²) in [5.74, 6) is 0. The molecule has 0 saturated carbocycles. The van der Waals surface area contributed by atoms with E-state index in [1.165, 1.54) is 12.1 Å². The molecule has 3 N–H and O–H groups in total. The van der Waals surface area contributed by atoms with Gasteiger partial charge in [0.15, 0.2) is 0 Å². The number of aliphatic hydroxyl groups is 1. The quantitative estimate of drug-likeness (QED) is 0.677. The lowest BCUT2D eigenvalue weighted by Gasteiger charge is -2.20. The molecule has 0 spiro atoms. The van der Waals surface area contributed by atoms with E-state index in [4.69, 9.17) is 5.11 Å². The van der Waals surface area contributed by atoms with Crippen molar-refractivity contribution in [3.8, 4) is 0 Å². The van der Waals surface area contributed by atoms with E-state index < -0.39 is 10.0 Å². The van der Waals surface area contributed by atoms with Gasteiger partial charge in [-0.15, -0.1) is 0 Å². The molecule has 1 heterocycles. The van der Waals surface area contributed by atoms with Gasteiger partial charge in [-0.3, -0.25) is 0 Å². The molecule has 0 atom stereocenters. The first-order chi connectivity index (χ1) is 11.5. The fraction of sp³-hybridized carbons (Fsp3) is 0.562. The van der Waals surface area contributed by atoms with Crippen molar-refractivity contribution < 1.29 is 18.3 Å². The van der Waals surface area contributed by atoms with E-state index in [1.807, 2.05) is 0 Å². The van der Waals surface area contributed by atoms with Gasteiger partial charge in [0.1, 0.15) is 0 Å². The molecule has 24 heavy (non-hydrogen) atoms. The predicted octanol–water partition coefficient (Wildman–Crippen LogP) is 1.76. The number of rotatable bonds is 6. The number of carbonyl (C=O) groups excluding carboxylic acids is 1. The number of sulfonamides is 1. The van der Waals surface area contributed by atoms with Crippen molar-refractivity contribution in [2.75, 3.05) is 31.6 Å². The standard InChI is InChI=1S/C16H25N3O4S/c20-13-5-10-17-24(22,23)15-8-6-14(7-9-15)18-16(21)19-11-3-1-2-4-12-19/h6-9,17,20H,1-5,10-13H2,(H,18,21). The zero-order valence-corrected chi connectivity index (χ0v) is 14.5. The zero-order valence-electron chi connectivity index (χ0n) is 13.7. The Labute approximate surface area is 143 Å². The molecule has 2 amide bonds. The molecule has 0 aliphatic carbocycles. The van der Waals surface area contributed by atoms with Crippen molar-refractivity contribution in [3.63, 3.8) is 0 Å². The van der Waals surface area contributed by atoms with Crippen LogP contribution in [0, 0.1) is 0 Å². The Morgan fingerprint density at radius 1 is 1.08 bits per heavy atom. The highest BCUT2D eigenvalue weighted by molar-refractivity contribution is 7.89. The summed E-state index contributed by atoms with van der Waals surface area (Å²) in [5.41, 5.74) is 0.568. The summed E-state index contributed by atoms with van der Waals surface area (Å²) in [6.45, 7) is 1.64. The maximum Gasteiger partial charge on any atom is 0.321 e. The highest BCUT2D eigenvalue weighted by Gasteiger charge is 2.16. The minimum Gasteiger partial charge on any atom is -0.396 e. The highest BCUT2D eigenvalue weighted by Crippen LogP contribution is 2.16. The largest absolute Gasteiger partial charge is 0.396 e. The molecule has 1 aliphatic heterocycles. The second kappa shape index (κ2) is 9.00. The number of nitrogens with one attached hydrogen (secondary N) is 2. The molecule has 0 aromatic heterocycles. The van der Waals surface area contributed by atoms with Crippen molar-refractivity contribution in [1.82, 2.24) is 9.62 Å². The fourth-order valence-corrected chi connectivity index (χ4v) is 3.64. The summed E-state index contributed by atoms with van der Waals surface area (Å²) in [6, 6.07) is 5.93. The highest BCUT2D eigenvalue weighted by atomic mass is 32.2. The number of hydrogen-bond acceptors (Lipinski definition) is 4. The molecule has 0 bridgehead atoms. The normalized spacial score (nSPS) is 15.8. The number of anilines is 1. The second-order valence-electron chi connectivity index (χ2n) is 5.83. The Hall–Kier alpha value is -1.64. The van der Waals surface area contributed by atoms with Gasteiger partial charge in [-0.2, -0.15) is 0 Å². The van der Waals surface area contributed by atoms with Crippen LogP contribution in [0.5, 0.6) is 0 Å². The van der Waals surface area contributed by atoms with Crippen LogP contribution in [0.25, 0.3) is 0 Å². The lowest BCUT2D eigenvalue weighted by molar-refractivity contribution is 0.214. The van der Waals surface area contributed by atoms with Crippen molar-refractivity contribution in [3.05, 3.63) is 24.3 Å². The second-order valence-corrected chi connectivity index (χ2v) is 7.60. The number of nitrogens with zero attached hydrogens (tertiary/aromatic N) is 1. The lowest BCUT2D eigenvalue weighted by Crippen LogP contribution is -2.35. The Kier molecular flexibility index (Phi) is 7.01. The van der Waals surface area contributed by atoms with Crippen molar-refractivity contribution in [1.29, 1.82) is 0 Å². The van der Waals surface area contributed by atoms with Gasteiger partial charge in [0.05, 0.1) is 4.90 Å². The topological polar surface area (TPSA) is 98.7 Å². The van der Waals surface area contributed by atoms with E-state index in [-0.39, 0.29) is 24.1 Å². The molecular weight excluding hydrogens is 330 g/mol. The van der Waals surface area contributed by atoms with Crippen LogP contribution >= 0.6 is 0 Å². The summed E-state index contributed by atoms with van der Waals surface area (Å²) < 4.78 is 26.5. The van der Waals surface area contributed by atoms with E-state index >= 15 is 0 Å². The minimum absolute atomic E-state index is 0.0655. The molecule has 8 heteroatoms. The van der Waals surface area contributed by atoms with Crippen molar-refractivity contribution >= 4 is 21.7 Å². The summed E-state index contributed by atoms with van der Waals surface area (Å²) in [7, 11) is -3.59. The first-order valence-corrected chi connectivity index (χ1v) is 9.78. The first-order valence-electron chi connectivity index (χ1n) is 8.29. The molecule has 1 aromatic rings. The maximum absolute atomic E-state index is 12.2. The van der Waals surface area contributed by atoms with Crippen LogP contribution in [0.2, 0.25) is 0 Å². The van der Waals surface area contributed by atoms with Crippen LogP contribution in [-0.2, 0) is 10.0 Å². The van der Waals surface area contributed by atoms with E-state index in [2.05, 4.69) is 10.0 Å². The molecule has 0 radical (unpaired) electrons. The Morgan fingerprint density at radius 3 is 2.29 bits per heavy atom. The van der Waals surface area contributed by atoms with E-state index in [0.29, 0.717) is 12.1 Å². The Morgan fingerprint density at radius 2 is 1.71 bits per heavy atom. The van der Waals surface area contributed by atoms with Crippen LogP contribution in [0.1, 0.15) is 32.1 Å². The van der Waals surface area contributed by atoms with E-state index in [1.54, 1.807) is 17.0 Å². The van der Waals surface area contributed by atoms with Gasteiger partial charge in [0, 0.05) is 31.9 Å². The van der Waals surface area contributed by atoms with Crippen LogP contribution in [0.3, 0.4) is 0 Å². The monoisotopic (exact) mass is 355 g/mol. The number of urea groups is 1. The van der Waals surface area contributed by atoms with E-state index in [0.717, 1.165) is 38.8 Å². The van der Waals surface area contributed by atoms with Crippen LogP contribution in [0.4, 0.5) is 10.5 Å². The number of hydrogen-bond donors (Lipinski definition) is 3. The predicted molar refractivity (Wildman–Crippen MR) is 92.4 cm³/mol. The third kappa shape index (κ3) is 5.47. The van der Waals surface area contributed by atoms with Gasteiger partial charge < -0.3 is 15.3 Å².